The standard InChI is InChI=1S/C7H9BrN2S/c8-7-10-5-3-1-2-4(9)6(5)11-7/h4H,1-3,9H2. The molecule has 0 saturated carbocycles. The van der Waals surface area contributed by atoms with Crippen molar-refractivity contribution in [1.82, 2.24) is 4.98 Å². The van der Waals surface area contributed by atoms with Crippen molar-refractivity contribution in [2.45, 2.75) is 25.3 Å². The van der Waals surface area contributed by atoms with Crippen LogP contribution in [-0.2, 0) is 6.42 Å². The summed E-state index contributed by atoms with van der Waals surface area (Å²) in [5.74, 6) is 0. The average molecular weight is 233 g/mol. The number of nitrogens with two attached hydrogens (primary N) is 1. The third-order valence-corrected chi connectivity index (χ3v) is 3.65. The van der Waals surface area contributed by atoms with Crippen molar-refractivity contribution in [3.05, 3.63) is 14.5 Å². The summed E-state index contributed by atoms with van der Waals surface area (Å²) >= 11 is 5.05. The molecule has 0 bridgehead atoms. The Morgan fingerprint density at radius 3 is 3.18 bits per heavy atom. The zero-order valence-corrected chi connectivity index (χ0v) is 8.41. The van der Waals surface area contributed by atoms with Crippen molar-refractivity contribution in [2.24, 2.45) is 5.73 Å². The Morgan fingerprint density at radius 2 is 2.45 bits per heavy atom. The molecule has 1 aromatic rings. The van der Waals surface area contributed by atoms with Gasteiger partial charge < -0.3 is 5.73 Å². The van der Waals surface area contributed by atoms with E-state index in [9.17, 15) is 0 Å². The molecule has 60 valence electrons. The molecule has 1 heterocycles. The van der Waals surface area contributed by atoms with Gasteiger partial charge in [-0.3, -0.25) is 0 Å². The number of fused-ring (bicyclic) bond motifs is 1. The van der Waals surface area contributed by atoms with Crippen LogP contribution in [0.3, 0.4) is 0 Å². The van der Waals surface area contributed by atoms with Gasteiger partial charge in [-0.05, 0) is 35.2 Å². The molecule has 1 aromatic heterocycles. The molecule has 2 N–H and O–H groups in total. The van der Waals surface area contributed by atoms with Crippen LogP contribution in [0.4, 0.5) is 0 Å². The van der Waals surface area contributed by atoms with Crippen LogP contribution < -0.4 is 5.73 Å². The third-order valence-electron chi connectivity index (χ3n) is 1.97. The van der Waals surface area contributed by atoms with Crippen molar-refractivity contribution in [3.8, 4) is 0 Å². The molecule has 1 aliphatic carbocycles. The van der Waals surface area contributed by atoms with E-state index in [0.29, 0.717) is 0 Å². The second-order valence-corrected chi connectivity index (χ2v) is 5.08. The van der Waals surface area contributed by atoms with E-state index in [2.05, 4.69) is 20.9 Å². The fourth-order valence-corrected chi connectivity index (χ4v) is 3.03. The Hall–Kier alpha value is 0.0700. The Labute approximate surface area is 78.0 Å². The zero-order valence-electron chi connectivity index (χ0n) is 6.01. The summed E-state index contributed by atoms with van der Waals surface area (Å²) in [6, 6.07) is 0.238. The van der Waals surface area contributed by atoms with E-state index in [4.69, 9.17) is 5.73 Å². The maximum absolute atomic E-state index is 5.91. The van der Waals surface area contributed by atoms with Gasteiger partial charge in [0.2, 0.25) is 0 Å². The maximum Gasteiger partial charge on any atom is 0.159 e. The Kier molecular flexibility index (Phi) is 1.99. The highest BCUT2D eigenvalue weighted by Gasteiger charge is 2.20. The van der Waals surface area contributed by atoms with Gasteiger partial charge in [0.1, 0.15) is 0 Å². The summed E-state index contributed by atoms with van der Waals surface area (Å²) in [6.07, 6.45) is 3.40. The van der Waals surface area contributed by atoms with Crippen molar-refractivity contribution in [2.75, 3.05) is 0 Å². The van der Waals surface area contributed by atoms with E-state index in [1.54, 1.807) is 11.3 Å². The Morgan fingerprint density at radius 1 is 1.64 bits per heavy atom. The summed E-state index contributed by atoms with van der Waals surface area (Å²) < 4.78 is 0.972. The van der Waals surface area contributed by atoms with Crippen LogP contribution in [-0.4, -0.2) is 4.98 Å². The quantitative estimate of drug-likeness (QED) is 0.746. The zero-order chi connectivity index (χ0) is 7.84. The van der Waals surface area contributed by atoms with Crippen LogP contribution in [0.15, 0.2) is 3.92 Å². The number of aryl methyl sites for hydroxylation is 1. The summed E-state index contributed by atoms with van der Waals surface area (Å²) in [7, 11) is 0. The number of hydrogen-bond donors (Lipinski definition) is 1. The number of aromatic nitrogens is 1. The monoisotopic (exact) mass is 232 g/mol. The van der Waals surface area contributed by atoms with Crippen molar-refractivity contribution < 1.29 is 0 Å². The minimum absolute atomic E-state index is 0.238. The third kappa shape index (κ3) is 1.35. The minimum Gasteiger partial charge on any atom is -0.323 e. The summed E-state index contributed by atoms with van der Waals surface area (Å²) in [5.41, 5.74) is 7.12. The number of nitrogens with zero attached hydrogens (tertiary/aromatic N) is 1. The lowest BCUT2D eigenvalue weighted by Gasteiger charge is -2.15. The van der Waals surface area contributed by atoms with Gasteiger partial charge in [0, 0.05) is 10.9 Å². The summed E-state index contributed by atoms with van der Waals surface area (Å²) in [5, 5.41) is 0. The maximum atomic E-state index is 5.91. The Balaban J connectivity index is 2.43. The lowest BCUT2D eigenvalue weighted by Crippen LogP contribution is -2.15. The van der Waals surface area contributed by atoms with Gasteiger partial charge in [-0.1, -0.05) is 0 Å². The molecule has 0 fully saturated rings. The number of rotatable bonds is 0. The first-order chi connectivity index (χ1) is 5.27. The molecule has 2 rings (SSSR count). The van der Waals surface area contributed by atoms with Crippen LogP contribution >= 0.6 is 27.3 Å². The van der Waals surface area contributed by atoms with Crippen molar-refractivity contribution in [3.63, 3.8) is 0 Å². The lowest BCUT2D eigenvalue weighted by molar-refractivity contribution is 0.573. The topological polar surface area (TPSA) is 38.9 Å². The molecule has 0 aromatic carbocycles. The predicted octanol–water partition coefficient (Wildman–Crippen LogP) is 2.24. The fourth-order valence-electron chi connectivity index (χ4n) is 1.42. The van der Waals surface area contributed by atoms with Crippen molar-refractivity contribution in [1.29, 1.82) is 0 Å². The number of hydrogen-bond acceptors (Lipinski definition) is 3. The van der Waals surface area contributed by atoms with Gasteiger partial charge in [0.25, 0.3) is 0 Å². The van der Waals surface area contributed by atoms with Crippen LogP contribution in [0.5, 0.6) is 0 Å². The van der Waals surface area contributed by atoms with Gasteiger partial charge in [-0.15, -0.1) is 11.3 Å². The summed E-state index contributed by atoms with van der Waals surface area (Å²) in [4.78, 5) is 5.64. The van der Waals surface area contributed by atoms with E-state index in [1.165, 1.54) is 17.0 Å². The van der Waals surface area contributed by atoms with E-state index in [0.717, 1.165) is 16.8 Å². The normalized spacial score (nSPS) is 23.3. The van der Waals surface area contributed by atoms with E-state index < -0.39 is 0 Å². The van der Waals surface area contributed by atoms with Gasteiger partial charge in [-0.2, -0.15) is 0 Å². The molecule has 1 aliphatic rings. The fraction of sp³-hybridized carbons (Fsp3) is 0.571. The summed E-state index contributed by atoms with van der Waals surface area (Å²) in [6.45, 7) is 0. The molecule has 4 heteroatoms. The minimum atomic E-state index is 0.238. The van der Waals surface area contributed by atoms with Crippen LogP contribution in [0.25, 0.3) is 0 Å². The predicted molar refractivity (Wildman–Crippen MR) is 49.7 cm³/mol. The first-order valence-corrected chi connectivity index (χ1v) is 5.29. The van der Waals surface area contributed by atoms with Gasteiger partial charge in [-0.25, -0.2) is 4.98 Å². The van der Waals surface area contributed by atoms with Gasteiger partial charge in [0.05, 0.1) is 5.69 Å². The second-order valence-electron chi connectivity index (χ2n) is 2.78. The molecular formula is C7H9BrN2S. The van der Waals surface area contributed by atoms with Gasteiger partial charge in [0.15, 0.2) is 3.92 Å². The highest BCUT2D eigenvalue weighted by Crippen LogP contribution is 2.34. The molecule has 0 amide bonds. The molecule has 1 unspecified atom stereocenters. The molecule has 11 heavy (non-hydrogen) atoms. The smallest absolute Gasteiger partial charge is 0.159 e. The average Bonchev–Trinajstić information content (AvgIpc) is 2.31. The first kappa shape index (κ1) is 7.71. The van der Waals surface area contributed by atoms with E-state index in [1.807, 2.05) is 0 Å². The van der Waals surface area contributed by atoms with Crippen molar-refractivity contribution >= 4 is 27.3 Å². The Bertz CT molecular complexity index is 271. The van der Waals surface area contributed by atoms with E-state index >= 15 is 0 Å². The highest BCUT2D eigenvalue weighted by atomic mass is 79.9. The molecule has 2 nitrogen and oxygen atoms in total. The van der Waals surface area contributed by atoms with Crippen LogP contribution in [0, 0.1) is 0 Å². The molecular weight excluding hydrogens is 224 g/mol. The second kappa shape index (κ2) is 2.84. The molecule has 0 radical (unpaired) electrons. The van der Waals surface area contributed by atoms with Gasteiger partial charge >= 0.3 is 0 Å². The molecule has 0 saturated heterocycles. The largest absolute Gasteiger partial charge is 0.323 e. The SMILES string of the molecule is NC1CCCc2nc(Br)sc21. The number of halogens is 1. The number of thiazole rings is 1. The molecule has 0 spiro atoms. The first-order valence-electron chi connectivity index (χ1n) is 3.68. The van der Waals surface area contributed by atoms with Crippen LogP contribution in [0.1, 0.15) is 29.5 Å². The highest BCUT2D eigenvalue weighted by molar-refractivity contribution is 9.11. The molecule has 1 atom stereocenters. The van der Waals surface area contributed by atoms with E-state index in [-0.39, 0.29) is 6.04 Å². The van der Waals surface area contributed by atoms with Crippen LogP contribution in [0.2, 0.25) is 0 Å². The lowest BCUT2D eigenvalue weighted by atomic mass is 9.99. The molecule has 0 aliphatic heterocycles.